The summed E-state index contributed by atoms with van der Waals surface area (Å²) in [5.74, 6) is 0.556. The van der Waals surface area contributed by atoms with Gasteiger partial charge in [-0.2, -0.15) is 5.10 Å². The smallest absolute Gasteiger partial charge is 0.265 e. The molecule has 0 aliphatic carbocycles. The fourth-order valence-electron chi connectivity index (χ4n) is 1.96. The molecule has 0 bridgehead atoms. The van der Waals surface area contributed by atoms with E-state index < -0.39 is 21.2 Å². The molecule has 2 aromatic heterocycles. The summed E-state index contributed by atoms with van der Waals surface area (Å²) < 4.78 is 0. The minimum Gasteiger partial charge on any atom is -0.265 e. The van der Waals surface area contributed by atoms with Gasteiger partial charge < -0.3 is 0 Å². The molecule has 0 atom stereocenters. The number of rotatable bonds is 4. The van der Waals surface area contributed by atoms with E-state index in [-0.39, 0.29) is 11.4 Å². The Kier molecular flexibility index (Phi) is 3.47. The monoisotopic (exact) mass is 312 g/mol. The molecule has 1 aromatic carbocycles. The summed E-state index contributed by atoms with van der Waals surface area (Å²) in [4.78, 5) is 28.5. The molecular weight excluding hydrogens is 304 g/mol. The third-order valence-electron chi connectivity index (χ3n) is 3.02. The molecule has 0 amide bonds. The van der Waals surface area contributed by atoms with Crippen molar-refractivity contribution in [1.29, 1.82) is 0 Å². The van der Waals surface area contributed by atoms with Crippen LogP contribution in [-0.4, -0.2) is 30.0 Å². The maximum Gasteiger partial charge on any atom is 0.277 e. The molecule has 10 heteroatoms. The molecule has 0 fully saturated rings. The van der Waals surface area contributed by atoms with Gasteiger partial charge in [0.25, 0.3) is 11.4 Å². The van der Waals surface area contributed by atoms with Crippen LogP contribution in [0.4, 0.5) is 11.4 Å². The highest BCUT2D eigenvalue weighted by Gasteiger charge is 2.19. The van der Waals surface area contributed by atoms with Crippen LogP contribution in [0.5, 0.6) is 0 Å². The summed E-state index contributed by atoms with van der Waals surface area (Å²) in [5.41, 5.74) is 0.107. The van der Waals surface area contributed by atoms with Crippen molar-refractivity contribution >= 4 is 11.4 Å². The number of hydrogen-bond donors (Lipinski definition) is 1. The van der Waals surface area contributed by atoms with E-state index in [1.54, 1.807) is 24.5 Å². The van der Waals surface area contributed by atoms with Gasteiger partial charge in [-0.25, -0.2) is 4.98 Å². The number of pyridine rings is 1. The van der Waals surface area contributed by atoms with Gasteiger partial charge in [0.15, 0.2) is 11.6 Å². The molecule has 0 radical (unpaired) electrons. The molecule has 1 N–H and O–H groups in total. The van der Waals surface area contributed by atoms with Gasteiger partial charge in [-0.05, 0) is 12.1 Å². The minimum atomic E-state index is -0.701. The van der Waals surface area contributed by atoms with E-state index in [1.165, 1.54) is 12.1 Å². The molecule has 0 spiro atoms. The molecule has 0 saturated carbocycles. The van der Waals surface area contributed by atoms with E-state index in [9.17, 15) is 20.2 Å². The van der Waals surface area contributed by atoms with Crippen molar-refractivity contribution in [2.45, 2.75) is 0 Å². The van der Waals surface area contributed by atoms with Crippen molar-refractivity contribution in [1.82, 2.24) is 20.2 Å². The van der Waals surface area contributed by atoms with E-state index in [0.717, 1.165) is 11.6 Å². The van der Waals surface area contributed by atoms with E-state index in [1.807, 2.05) is 0 Å². The molecule has 3 aromatic rings. The Balaban J connectivity index is 2.07. The van der Waals surface area contributed by atoms with Crippen LogP contribution in [0.3, 0.4) is 0 Å². The Hall–Kier alpha value is -3.69. The van der Waals surface area contributed by atoms with Crippen LogP contribution in [0.25, 0.3) is 22.8 Å². The number of benzene rings is 1. The zero-order valence-electron chi connectivity index (χ0n) is 11.4. The van der Waals surface area contributed by atoms with Crippen molar-refractivity contribution in [3.63, 3.8) is 0 Å². The molecule has 2 heterocycles. The summed E-state index contributed by atoms with van der Waals surface area (Å²) in [6.07, 6.45) is 3.16. The molecule has 0 saturated heterocycles. The number of nitro benzene ring substituents is 2. The molecule has 3 rings (SSSR count). The first-order valence-electron chi connectivity index (χ1n) is 6.31. The molecular formula is C13H8N6O4. The predicted octanol–water partition coefficient (Wildman–Crippen LogP) is 2.35. The molecule has 23 heavy (non-hydrogen) atoms. The Labute approximate surface area is 128 Å². The van der Waals surface area contributed by atoms with Crippen molar-refractivity contribution in [2.75, 3.05) is 0 Å². The minimum absolute atomic E-state index is 0.128. The molecule has 0 aliphatic heterocycles. The number of non-ortho nitro benzene ring substituents is 2. The zero-order valence-corrected chi connectivity index (χ0v) is 11.4. The van der Waals surface area contributed by atoms with Gasteiger partial charge >= 0.3 is 0 Å². The topological polar surface area (TPSA) is 141 Å². The van der Waals surface area contributed by atoms with Crippen molar-refractivity contribution in [2.24, 2.45) is 0 Å². The maximum atomic E-state index is 10.9. The van der Waals surface area contributed by atoms with Crippen LogP contribution >= 0.6 is 0 Å². The number of aromatic amines is 1. The van der Waals surface area contributed by atoms with Crippen LogP contribution in [0.15, 0.2) is 42.7 Å². The first-order valence-corrected chi connectivity index (χ1v) is 6.31. The van der Waals surface area contributed by atoms with Gasteiger partial charge in [0.1, 0.15) is 0 Å². The normalized spacial score (nSPS) is 10.4. The lowest BCUT2D eigenvalue weighted by Crippen LogP contribution is -1.94. The maximum absolute atomic E-state index is 10.9. The average molecular weight is 312 g/mol. The number of H-pyrrole nitrogens is 1. The van der Waals surface area contributed by atoms with E-state index in [0.29, 0.717) is 5.82 Å². The highest BCUT2D eigenvalue weighted by atomic mass is 16.6. The lowest BCUT2D eigenvalue weighted by Gasteiger charge is -1.97. The van der Waals surface area contributed by atoms with Crippen molar-refractivity contribution in [3.8, 4) is 22.8 Å². The van der Waals surface area contributed by atoms with Crippen LogP contribution in [-0.2, 0) is 0 Å². The molecule has 10 nitrogen and oxygen atoms in total. The standard InChI is InChI=1S/C13H8N6O4/c20-18(21)10-5-9(6-11(7-10)19(22)23)13-15-12(16-17-13)8-1-3-14-4-2-8/h1-7H,(H,15,16,17). The first kappa shape index (κ1) is 14.3. The van der Waals surface area contributed by atoms with E-state index in [2.05, 4.69) is 20.2 Å². The second-order valence-corrected chi connectivity index (χ2v) is 4.50. The van der Waals surface area contributed by atoms with Crippen molar-refractivity contribution in [3.05, 3.63) is 63.0 Å². The van der Waals surface area contributed by atoms with E-state index in [4.69, 9.17) is 0 Å². The summed E-state index contributed by atoms with van der Waals surface area (Å²) in [6.45, 7) is 0. The second kappa shape index (κ2) is 5.60. The number of nitro groups is 2. The highest BCUT2D eigenvalue weighted by Crippen LogP contribution is 2.28. The summed E-state index contributed by atoms with van der Waals surface area (Å²) in [5, 5.41) is 28.5. The SMILES string of the molecule is O=[N+]([O-])c1cc(-c2n[nH]c(-c3ccncc3)n2)cc([N+](=O)[O-])c1. The number of nitrogens with one attached hydrogen (secondary N) is 1. The Morgan fingerprint density at radius 1 is 0.913 bits per heavy atom. The molecule has 114 valence electrons. The van der Waals surface area contributed by atoms with Gasteiger partial charge in [0.05, 0.1) is 15.9 Å². The Morgan fingerprint density at radius 3 is 2.09 bits per heavy atom. The molecule has 0 unspecified atom stereocenters. The predicted molar refractivity (Wildman–Crippen MR) is 78.4 cm³/mol. The quantitative estimate of drug-likeness (QED) is 0.575. The number of hydrogen-bond acceptors (Lipinski definition) is 7. The van der Waals surface area contributed by atoms with Gasteiger partial charge in [0, 0.05) is 35.7 Å². The Bertz CT molecular complexity index is 860. The van der Waals surface area contributed by atoms with E-state index >= 15 is 0 Å². The van der Waals surface area contributed by atoms with Crippen LogP contribution in [0.1, 0.15) is 0 Å². The third-order valence-corrected chi connectivity index (χ3v) is 3.02. The zero-order chi connectivity index (χ0) is 16.4. The fourth-order valence-corrected chi connectivity index (χ4v) is 1.96. The van der Waals surface area contributed by atoms with Gasteiger partial charge in [-0.15, -0.1) is 0 Å². The first-order chi connectivity index (χ1) is 11.0. The van der Waals surface area contributed by atoms with Gasteiger partial charge in [-0.1, -0.05) is 0 Å². The van der Waals surface area contributed by atoms with Crippen LogP contribution in [0, 0.1) is 20.2 Å². The fraction of sp³-hybridized carbons (Fsp3) is 0. The summed E-state index contributed by atoms with van der Waals surface area (Å²) >= 11 is 0. The number of nitrogens with zero attached hydrogens (tertiary/aromatic N) is 5. The Morgan fingerprint density at radius 2 is 1.52 bits per heavy atom. The summed E-state index contributed by atoms with van der Waals surface area (Å²) in [6, 6.07) is 6.68. The van der Waals surface area contributed by atoms with Crippen LogP contribution < -0.4 is 0 Å². The second-order valence-electron chi connectivity index (χ2n) is 4.50. The third kappa shape index (κ3) is 2.85. The summed E-state index contributed by atoms with van der Waals surface area (Å²) in [7, 11) is 0. The van der Waals surface area contributed by atoms with Gasteiger partial charge in [-0.3, -0.25) is 30.3 Å². The largest absolute Gasteiger partial charge is 0.277 e. The van der Waals surface area contributed by atoms with Gasteiger partial charge in [0.2, 0.25) is 0 Å². The average Bonchev–Trinajstić information content (AvgIpc) is 3.05. The van der Waals surface area contributed by atoms with Crippen LogP contribution in [0.2, 0.25) is 0 Å². The lowest BCUT2D eigenvalue weighted by atomic mass is 10.1. The lowest BCUT2D eigenvalue weighted by molar-refractivity contribution is -0.394. The molecule has 0 aliphatic rings. The highest BCUT2D eigenvalue weighted by molar-refractivity contribution is 5.66. The number of aromatic nitrogens is 4. The van der Waals surface area contributed by atoms with Crippen molar-refractivity contribution < 1.29 is 9.85 Å².